The highest BCUT2D eigenvalue weighted by molar-refractivity contribution is 5.96. The van der Waals surface area contributed by atoms with Crippen LogP contribution in [0.2, 0.25) is 0 Å². The van der Waals surface area contributed by atoms with E-state index in [0.717, 1.165) is 12.8 Å². The minimum atomic E-state index is -1.04. The first-order valence-electron chi connectivity index (χ1n) is 7.74. The first kappa shape index (κ1) is 18.8. The zero-order valence-electron chi connectivity index (χ0n) is 14.2. The molecule has 0 heterocycles. The highest BCUT2D eigenvalue weighted by Crippen LogP contribution is 2.29. The van der Waals surface area contributed by atoms with E-state index in [4.69, 9.17) is 14.6 Å². The molecule has 0 saturated heterocycles. The average Bonchev–Trinajstić information content (AvgIpc) is 2.52. The molecule has 0 bridgehead atoms. The molecule has 1 aromatic rings. The number of hydrogen-bond donors (Lipinski definition) is 1. The van der Waals surface area contributed by atoms with Gasteiger partial charge in [0.05, 0.1) is 13.7 Å². The number of carboxylic acids is 1. The highest BCUT2D eigenvalue weighted by Gasteiger charge is 2.22. The highest BCUT2D eigenvalue weighted by atomic mass is 16.5. The van der Waals surface area contributed by atoms with Crippen LogP contribution in [0.4, 0.5) is 0 Å². The van der Waals surface area contributed by atoms with Gasteiger partial charge < -0.3 is 19.5 Å². The number of benzene rings is 1. The Balaban J connectivity index is 2.98. The molecule has 0 unspecified atom stereocenters. The van der Waals surface area contributed by atoms with Gasteiger partial charge in [0.1, 0.15) is 6.54 Å². The minimum Gasteiger partial charge on any atom is -0.493 e. The van der Waals surface area contributed by atoms with Crippen LogP contribution in [0.3, 0.4) is 0 Å². The Bertz CT molecular complexity index is 542. The molecular formula is C17H25NO5. The number of carbonyl (C=O) groups is 2. The minimum absolute atomic E-state index is 0.218. The predicted octanol–water partition coefficient (Wildman–Crippen LogP) is 2.81. The number of amides is 1. The number of ether oxygens (including phenoxy) is 2. The van der Waals surface area contributed by atoms with E-state index in [0.29, 0.717) is 23.7 Å². The number of nitrogens with zero attached hydrogens (tertiary/aromatic N) is 1. The molecule has 23 heavy (non-hydrogen) atoms. The van der Waals surface area contributed by atoms with Crippen LogP contribution in [0, 0.1) is 0 Å². The summed E-state index contributed by atoms with van der Waals surface area (Å²) < 4.78 is 10.9. The molecule has 1 aromatic carbocycles. The third-order valence-electron chi connectivity index (χ3n) is 3.36. The summed E-state index contributed by atoms with van der Waals surface area (Å²) >= 11 is 0. The van der Waals surface area contributed by atoms with Gasteiger partial charge >= 0.3 is 5.97 Å². The Morgan fingerprint density at radius 3 is 2.48 bits per heavy atom. The number of carbonyl (C=O) groups excluding carboxylic acids is 1. The molecule has 0 aliphatic rings. The summed E-state index contributed by atoms with van der Waals surface area (Å²) in [5.74, 6) is -0.350. The van der Waals surface area contributed by atoms with Crippen LogP contribution in [0.15, 0.2) is 18.2 Å². The lowest BCUT2D eigenvalue weighted by Gasteiger charge is -2.25. The summed E-state index contributed by atoms with van der Waals surface area (Å²) in [6.45, 7) is 5.87. The van der Waals surface area contributed by atoms with Gasteiger partial charge in [0.2, 0.25) is 0 Å². The Morgan fingerprint density at radius 2 is 1.96 bits per heavy atom. The molecule has 0 saturated carbocycles. The quantitative estimate of drug-likeness (QED) is 0.707. The number of unbranched alkanes of at least 4 members (excludes halogenated alkanes) is 1. The molecule has 0 radical (unpaired) electrons. The van der Waals surface area contributed by atoms with Gasteiger partial charge in [-0.2, -0.15) is 0 Å². The molecule has 0 aromatic heterocycles. The predicted molar refractivity (Wildman–Crippen MR) is 87.2 cm³/mol. The normalized spacial score (nSPS) is 10.5. The third kappa shape index (κ3) is 5.47. The summed E-state index contributed by atoms with van der Waals surface area (Å²) in [4.78, 5) is 24.8. The Kier molecular flexibility index (Phi) is 7.38. The summed E-state index contributed by atoms with van der Waals surface area (Å²) in [6.07, 6.45) is 1.96. The molecule has 0 fully saturated rings. The third-order valence-corrected chi connectivity index (χ3v) is 3.36. The van der Waals surface area contributed by atoms with Crippen molar-refractivity contribution in [3.05, 3.63) is 23.8 Å². The Labute approximate surface area is 137 Å². The first-order chi connectivity index (χ1) is 10.9. The standard InChI is InChI=1S/C17H25NO5/c1-5-6-9-23-14-8-7-13(10-15(14)22-4)17(21)18(12(2)3)11-16(19)20/h7-8,10,12H,5-6,9,11H2,1-4H3,(H,19,20). The fraction of sp³-hybridized carbons (Fsp3) is 0.529. The van der Waals surface area contributed by atoms with Crippen LogP contribution in [0.5, 0.6) is 11.5 Å². The van der Waals surface area contributed by atoms with Crippen molar-refractivity contribution in [2.45, 2.75) is 39.7 Å². The number of rotatable bonds is 9. The SMILES string of the molecule is CCCCOc1ccc(C(=O)N(CC(=O)O)C(C)C)cc1OC. The number of aliphatic carboxylic acids is 1. The van der Waals surface area contributed by atoms with Crippen molar-refractivity contribution in [2.24, 2.45) is 0 Å². The first-order valence-corrected chi connectivity index (χ1v) is 7.74. The van der Waals surface area contributed by atoms with Gasteiger partial charge in [-0.15, -0.1) is 0 Å². The van der Waals surface area contributed by atoms with Gasteiger partial charge in [-0.3, -0.25) is 9.59 Å². The molecule has 1 amide bonds. The van der Waals surface area contributed by atoms with Crippen LogP contribution in [-0.4, -0.2) is 48.2 Å². The maximum Gasteiger partial charge on any atom is 0.323 e. The molecule has 0 aliphatic heterocycles. The smallest absolute Gasteiger partial charge is 0.323 e. The second-order valence-electron chi connectivity index (χ2n) is 5.49. The fourth-order valence-electron chi connectivity index (χ4n) is 2.05. The van der Waals surface area contributed by atoms with E-state index in [2.05, 4.69) is 6.92 Å². The van der Waals surface area contributed by atoms with Gasteiger partial charge in [0.25, 0.3) is 5.91 Å². The molecule has 0 atom stereocenters. The van der Waals surface area contributed by atoms with Crippen LogP contribution in [0.1, 0.15) is 44.0 Å². The van der Waals surface area contributed by atoms with E-state index < -0.39 is 5.97 Å². The number of hydrogen-bond acceptors (Lipinski definition) is 4. The topological polar surface area (TPSA) is 76.1 Å². The van der Waals surface area contributed by atoms with E-state index in [1.807, 2.05) is 0 Å². The van der Waals surface area contributed by atoms with Crippen molar-refractivity contribution in [3.8, 4) is 11.5 Å². The molecule has 0 aliphatic carbocycles. The van der Waals surface area contributed by atoms with E-state index in [1.165, 1.54) is 12.0 Å². The Morgan fingerprint density at radius 1 is 1.26 bits per heavy atom. The lowest BCUT2D eigenvalue weighted by Crippen LogP contribution is -2.40. The maximum atomic E-state index is 12.5. The van der Waals surface area contributed by atoms with Crippen molar-refractivity contribution in [1.29, 1.82) is 0 Å². The number of methoxy groups -OCH3 is 1. The summed E-state index contributed by atoms with van der Waals surface area (Å²) in [6, 6.07) is 4.68. The molecule has 6 nitrogen and oxygen atoms in total. The zero-order valence-corrected chi connectivity index (χ0v) is 14.2. The van der Waals surface area contributed by atoms with Crippen LogP contribution in [0.25, 0.3) is 0 Å². The van der Waals surface area contributed by atoms with Gasteiger partial charge in [0, 0.05) is 11.6 Å². The molecular weight excluding hydrogens is 298 g/mol. The lowest BCUT2D eigenvalue weighted by atomic mass is 10.1. The molecule has 128 valence electrons. The van der Waals surface area contributed by atoms with E-state index in [9.17, 15) is 9.59 Å². The maximum absolute atomic E-state index is 12.5. The van der Waals surface area contributed by atoms with Crippen molar-refractivity contribution in [3.63, 3.8) is 0 Å². The van der Waals surface area contributed by atoms with Crippen molar-refractivity contribution >= 4 is 11.9 Å². The fourth-order valence-corrected chi connectivity index (χ4v) is 2.05. The second-order valence-corrected chi connectivity index (χ2v) is 5.49. The average molecular weight is 323 g/mol. The summed E-state index contributed by atoms with van der Waals surface area (Å²) in [7, 11) is 1.51. The zero-order chi connectivity index (χ0) is 17.4. The molecule has 0 spiro atoms. The van der Waals surface area contributed by atoms with Crippen molar-refractivity contribution < 1.29 is 24.2 Å². The van der Waals surface area contributed by atoms with Gasteiger partial charge in [-0.05, 0) is 38.5 Å². The van der Waals surface area contributed by atoms with Gasteiger partial charge in [-0.1, -0.05) is 13.3 Å². The second kappa shape index (κ2) is 9.02. The van der Waals surface area contributed by atoms with E-state index >= 15 is 0 Å². The van der Waals surface area contributed by atoms with E-state index in [-0.39, 0.29) is 18.5 Å². The Hall–Kier alpha value is -2.24. The summed E-state index contributed by atoms with van der Waals surface area (Å²) in [5.41, 5.74) is 0.375. The van der Waals surface area contributed by atoms with Gasteiger partial charge in [0.15, 0.2) is 11.5 Å². The van der Waals surface area contributed by atoms with Crippen LogP contribution in [-0.2, 0) is 4.79 Å². The van der Waals surface area contributed by atoms with Gasteiger partial charge in [-0.25, -0.2) is 0 Å². The van der Waals surface area contributed by atoms with Crippen molar-refractivity contribution in [1.82, 2.24) is 4.90 Å². The largest absolute Gasteiger partial charge is 0.493 e. The van der Waals surface area contributed by atoms with Crippen LogP contribution >= 0.6 is 0 Å². The number of carboxylic acid groups (broad SMARTS) is 1. The molecule has 1 rings (SSSR count). The lowest BCUT2D eigenvalue weighted by molar-refractivity contribution is -0.138. The van der Waals surface area contributed by atoms with E-state index in [1.54, 1.807) is 32.0 Å². The molecule has 6 heteroatoms. The van der Waals surface area contributed by atoms with Crippen LogP contribution < -0.4 is 9.47 Å². The monoisotopic (exact) mass is 323 g/mol. The molecule has 1 N–H and O–H groups in total. The van der Waals surface area contributed by atoms with Crippen molar-refractivity contribution in [2.75, 3.05) is 20.3 Å². The summed E-state index contributed by atoms with van der Waals surface area (Å²) in [5, 5.41) is 8.96.